The van der Waals surface area contributed by atoms with Crippen molar-refractivity contribution in [3.63, 3.8) is 0 Å². The molecule has 20 heavy (non-hydrogen) atoms. The largest absolute Gasteiger partial charge is 0.455 e. The minimum absolute atomic E-state index is 0.0145. The molecular formula is C14H22N2O4. The van der Waals surface area contributed by atoms with Crippen molar-refractivity contribution >= 4 is 17.9 Å². The van der Waals surface area contributed by atoms with E-state index in [-0.39, 0.29) is 17.9 Å². The first-order valence-corrected chi connectivity index (χ1v) is 6.95. The number of imide groups is 1. The molecule has 6 heteroatoms. The Morgan fingerprint density at radius 3 is 2.70 bits per heavy atom. The van der Waals surface area contributed by atoms with Crippen LogP contribution in [0.4, 0.5) is 4.79 Å². The van der Waals surface area contributed by atoms with Gasteiger partial charge in [-0.3, -0.25) is 14.9 Å². The zero-order valence-electron chi connectivity index (χ0n) is 12.0. The number of carbonyl (C=O) groups is 3. The average Bonchev–Trinajstić information content (AvgIpc) is 2.45. The Bertz CT molecular complexity index is 393. The monoisotopic (exact) mass is 282 g/mol. The maximum atomic E-state index is 11.7. The first-order valence-electron chi connectivity index (χ1n) is 6.95. The van der Waals surface area contributed by atoms with Gasteiger partial charge in [-0.25, -0.2) is 4.79 Å². The van der Waals surface area contributed by atoms with Gasteiger partial charge in [-0.2, -0.15) is 0 Å². The Morgan fingerprint density at radius 1 is 1.35 bits per heavy atom. The number of hydrogen-bond donors (Lipinski definition) is 2. The van der Waals surface area contributed by atoms with Crippen LogP contribution in [-0.4, -0.2) is 30.6 Å². The molecule has 0 aromatic carbocycles. The van der Waals surface area contributed by atoms with Gasteiger partial charge in [0.25, 0.3) is 5.91 Å². The van der Waals surface area contributed by atoms with Crippen LogP contribution < -0.4 is 10.6 Å². The molecule has 0 saturated heterocycles. The minimum Gasteiger partial charge on any atom is -0.455 e. The Labute approximate surface area is 118 Å². The van der Waals surface area contributed by atoms with Crippen molar-refractivity contribution in [3.8, 4) is 0 Å². The predicted octanol–water partition coefficient (Wildman–Crippen LogP) is 1.51. The molecule has 1 rings (SSSR count). The molecular weight excluding hydrogens is 260 g/mol. The van der Waals surface area contributed by atoms with Gasteiger partial charge in [0.2, 0.25) is 0 Å². The lowest BCUT2D eigenvalue weighted by Crippen LogP contribution is -2.44. The Kier molecular flexibility index (Phi) is 6.76. The van der Waals surface area contributed by atoms with E-state index >= 15 is 0 Å². The van der Waals surface area contributed by atoms with E-state index in [1.165, 1.54) is 0 Å². The second-order valence-corrected chi connectivity index (χ2v) is 4.92. The van der Waals surface area contributed by atoms with Gasteiger partial charge in [0.05, 0.1) is 5.92 Å². The van der Waals surface area contributed by atoms with E-state index in [0.717, 1.165) is 19.3 Å². The number of carbonyl (C=O) groups excluding carboxylic acids is 3. The lowest BCUT2D eigenvalue weighted by Gasteiger charge is -2.16. The van der Waals surface area contributed by atoms with E-state index < -0.39 is 18.5 Å². The van der Waals surface area contributed by atoms with Crippen LogP contribution in [0.1, 0.15) is 39.5 Å². The van der Waals surface area contributed by atoms with Crippen LogP contribution in [-0.2, 0) is 14.3 Å². The van der Waals surface area contributed by atoms with Gasteiger partial charge < -0.3 is 10.1 Å². The van der Waals surface area contributed by atoms with Crippen molar-refractivity contribution in [2.75, 3.05) is 6.61 Å². The summed E-state index contributed by atoms with van der Waals surface area (Å²) in [5.74, 6) is -1.18. The molecule has 112 valence electrons. The van der Waals surface area contributed by atoms with Crippen LogP contribution in [0, 0.1) is 5.92 Å². The van der Waals surface area contributed by atoms with Crippen LogP contribution in [0.2, 0.25) is 0 Å². The van der Waals surface area contributed by atoms with Crippen LogP contribution in [0.5, 0.6) is 0 Å². The summed E-state index contributed by atoms with van der Waals surface area (Å²) in [4.78, 5) is 34.5. The van der Waals surface area contributed by atoms with Crippen molar-refractivity contribution in [3.05, 3.63) is 12.2 Å². The first kappa shape index (κ1) is 16.2. The average molecular weight is 282 g/mol. The highest BCUT2D eigenvalue weighted by atomic mass is 16.5. The number of rotatable bonds is 5. The van der Waals surface area contributed by atoms with Crippen molar-refractivity contribution in [1.82, 2.24) is 10.6 Å². The summed E-state index contributed by atoms with van der Waals surface area (Å²) >= 11 is 0. The molecule has 1 aliphatic carbocycles. The number of esters is 1. The highest BCUT2D eigenvalue weighted by Gasteiger charge is 2.21. The molecule has 3 amide bonds. The first-order chi connectivity index (χ1) is 9.52. The molecule has 0 spiro atoms. The van der Waals surface area contributed by atoms with E-state index in [4.69, 9.17) is 4.74 Å². The fourth-order valence-corrected chi connectivity index (χ4v) is 1.79. The SMILES string of the molecule is CC[C@H](C)NC(=O)NC(=O)COC(=O)[C@@H]1CC=CCC1. The maximum Gasteiger partial charge on any atom is 0.321 e. The lowest BCUT2D eigenvalue weighted by molar-refractivity contribution is -0.152. The summed E-state index contributed by atoms with van der Waals surface area (Å²) < 4.78 is 4.91. The zero-order chi connectivity index (χ0) is 15.0. The molecule has 6 nitrogen and oxygen atoms in total. The van der Waals surface area contributed by atoms with Gasteiger partial charge in [-0.1, -0.05) is 19.1 Å². The number of allylic oxidation sites excluding steroid dienone is 2. The van der Waals surface area contributed by atoms with E-state index in [1.54, 1.807) is 0 Å². The molecule has 0 heterocycles. The summed E-state index contributed by atoms with van der Waals surface area (Å²) in [6, 6.07) is -0.583. The number of ether oxygens (including phenoxy) is 1. The number of hydrogen-bond acceptors (Lipinski definition) is 4. The van der Waals surface area contributed by atoms with Crippen molar-refractivity contribution in [2.24, 2.45) is 5.92 Å². The van der Waals surface area contributed by atoms with Gasteiger partial charge in [0.15, 0.2) is 6.61 Å². The molecule has 0 fully saturated rings. The highest BCUT2D eigenvalue weighted by Crippen LogP contribution is 2.19. The molecule has 0 saturated carbocycles. The molecule has 0 aromatic rings. The van der Waals surface area contributed by atoms with Crippen LogP contribution in [0.3, 0.4) is 0 Å². The second kappa shape index (κ2) is 8.35. The molecule has 0 radical (unpaired) electrons. The van der Waals surface area contributed by atoms with E-state index in [2.05, 4.69) is 10.6 Å². The summed E-state index contributed by atoms with van der Waals surface area (Å²) in [6.45, 7) is 3.33. The topological polar surface area (TPSA) is 84.5 Å². The quantitative estimate of drug-likeness (QED) is 0.591. The Hall–Kier alpha value is -1.85. The van der Waals surface area contributed by atoms with Crippen LogP contribution >= 0.6 is 0 Å². The molecule has 0 unspecified atom stereocenters. The van der Waals surface area contributed by atoms with Crippen LogP contribution in [0.15, 0.2) is 12.2 Å². The fourth-order valence-electron chi connectivity index (χ4n) is 1.79. The number of urea groups is 1. The van der Waals surface area contributed by atoms with Crippen molar-refractivity contribution in [1.29, 1.82) is 0 Å². The molecule has 0 aromatic heterocycles. The molecule has 2 atom stereocenters. The van der Waals surface area contributed by atoms with Gasteiger partial charge in [0.1, 0.15) is 0 Å². The number of amides is 3. The van der Waals surface area contributed by atoms with Crippen molar-refractivity contribution < 1.29 is 19.1 Å². The third-order valence-corrected chi connectivity index (χ3v) is 3.19. The van der Waals surface area contributed by atoms with E-state index in [9.17, 15) is 14.4 Å². The minimum atomic E-state index is -0.620. The molecule has 1 aliphatic rings. The van der Waals surface area contributed by atoms with E-state index in [1.807, 2.05) is 26.0 Å². The third kappa shape index (κ3) is 5.86. The predicted molar refractivity (Wildman–Crippen MR) is 73.9 cm³/mol. The summed E-state index contributed by atoms with van der Waals surface area (Å²) in [5, 5.41) is 4.71. The molecule has 0 bridgehead atoms. The Balaban J connectivity index is 2.23. The summed E-state index contributed by atoms with van der Waals surface area (Å²) in [7, 11) is 0. The second-order valence-electron chi connectivity index (χ2n) is 4.92. The summed E-state index contributed by atoms with van der Waals surface area (Å²) in [6.07, 6.45) is 6.97. The highest BCUT2D eigenvalue weighted by molar-refractivity contribution is 5.95. The zero-order valence-corrected chi connectivity index (χ0v) is 12.0. The molecule has 0 aliphatic heterocycles. The van der Waals surface area contributed by atoms with Gasteiger partial charge in [0, 0.05) is 6.04 Å². The van der Waals surface area contributed by atoms with Gasteiger partial charge in [-0.05, 0) is 32.6 Å². The standard InChI is InChI=1S/C14H22N2O4/c1-3-10(2)15-14(19)16-12(17)9-20-13(18)11-7-5-4-6-8-11/h4-5,10-11H,3,6-9H2,1-2H3,(H2,15,16,17,19)/t10-,11+/m0/s1. The van der Waals surface area contributed by atoms with Crippen LogP contribution in [0.25, 0.3) is 0 Å². The normalized spacial score (nSPS) is 19.0. The fraction of sp³-hybridized carbons (Fsp3) is 0.643. The Morgan fingerprint density at radius 2 is 2.10 bits per heavy atom. The van der Waals surface area contributed by atoms with Gasteiger partial charge in [-0.15, -0.1) is 0 Å². The van der Waals surface area contributed by atoms with Gasteiger partial charge >= 0.3 is 12.0 Å². The molecule has 2 N–H and O–H groups in total. The van der Waals surface area contributed by atoms with E-state index in [0.29, 0.717) is 6.42 Å². The number of nitrogens with one attached hydrogen (secondary N) is 2. The lowest BCUT2D eigenvalue weighted by atomic mass is 9.95. The third-order valence-electron chi connectivity index (χ3n) is 3.19. The maximum absolute atomic E-state index is 11.7. The van der Waals surface area contributed by atoms with Crippen molar-refractivity contribution in [2.45, 2.75) is 45.6 Å². The smallest absolute Gasteiger partial charge is 0.321 e. The summed E-state index contributed by atoms with van der Waals surface area (Å²) in [5.41, 5.74) is 0.